The van der Waals surface area contributed by atoms with Crippen LogP contribution in [0.2, 0.25) is 0 Å². The van der Waals surface area contributed by atoms with Gasteiger partial charge in [-0.1, -0.05) is 38.4 Å². The summed E-state index contributed by atoms with van der Waals surface area (Å²) >= 11 is 5.52. The minimum Gasteiger partial charge on any atom is -0.340 e. The monoisotopic (exact) mass is 272 g/mol. The van der Waals surface area contributed by atoms with Crippen molar-refractivity contribution >= 4 is 23.4 Å². The van der Waals surface area contributed by atoms with Crippen LogP contribution in [-0.2, 0) is 9.59 Å². The topological polar surface area (TPSA) is 49.4 Å². The normalized spacial score (nSPS) is 29.2. The van der Waals surface area contributed by atoms with Crippen molar-refractivity contribution in [2.45, 2.75) is 45.7 Å². The van der Waals surface area contributed by atoms with Crippen molar-refractivity contribution in [2.24, 2.45) is 5.92 Å². The third kappa shape index (κ3) is 2.69. The first-order chi connectivity index (χ1) is 8.37. The van der Waals surface area contributed by atoms with E-state index in [1.54, 1.807) is 17.9 Å². The summed E-state index contributed by atoms with van der Waals surface area (Å²) in [6.07, 6.45) is 2.26. The number of hydrogen-bond acceptors (Lipinski definition) is 2. The van der Waals surface area contributed by atoms with Gasteiger partial charge in [0.1, 0.15) is 11.6 Å². The lowest BCUT2D eigenvalue weighted by Crippen LogP contribution is -2.70. The Bertz CT molecular complexity index is 368. The van der Waals surface area contributed by atoms with Gasteiger partial charge in [-0.15, -0.1) is 0 Å². The minimum atomic E-state index is -0.803. The third-order valence-corrected chi connectivity index (χ3v) is 3.64. The Kier molecular flexibility index (Phi) is 4.79. The molecule has 0 aromatic heterocycles. The summed E-state index contributed by atoms with van der Waals surface area (Å²) in [4.78, 5) is 26.3. The van der Waals surface area contributed by atoms with Gasteiger partial charge in [-0.25, -0.2) is 0 Å². The zero-order valence-electron chi connectivity index (χ0n) is 11.4. The number of halogens is 1. The molecule has 2 atom stereocenters. The van der Waals surface area contributed by atoms with Gasteiger partial charge in [-0.2, -0.15) is 0 Å². The van der Waals surface area contributed by atoms with E-state index in [0.29, 0.717) is 13.0 Å². The van der Waals surface area contributed by atoms with E-state index < -0.39 is 11.6 Å². The number of nitrogens with one attached hydrogen (secondary N) is 1. The molecule has 0 aromatic rings. The van der Waals surface area contributed by atoms with Gasteiger partial charge in [0.2, 0.25) is 11.8 Å². The largest absolute Gasteiger partial charge is 0.340 e. The number of piperazine rings is 1. The van der Waals surface area contributed by atoms with E-state index in [4.69, 9.17) is 11.6 Å². The predicted molar refractivity (Wildman–Crippen MR) is 72.2 cm³/mol. The summed E-state index contributed by atoms with van der Waals surface area (Å²) in [7, 11) is 0. The Morgan fingerprint density at radius 2 is 2.11 bits per heavy atom. The number of rotatable bonds is 4. The van der Waals surface area contributed by atoms with E-state index in [9.17, 15) is 9.59 Å². The lowest BCUT2D eigenvalue weighted by Gasteiger charge is -2.45. The molecule has 1 saturated heterocycles. The summed E-state index contributed by atoms with van der Waals surface area (Å²) in [5.74, 6) is -0.0610. The lowest BCUT2D eigenvalue weighted by atomic mass is 9.88. The van der Waals surface area contributed by atoms with Crippen LogP contribution in [0.25, 0.3) is 0 Å². The fraction of sp³-hybridized carbons (Fsp3) is 0.692. The van der Waals surface area contributed by atoms with Crippen molar-refractivity contribution < 1.29 is 9.59 Å². The smallest absolute Gasteiger partial charge is 0.248 e. The molecule has 2 amide bonds. The van der Waals surface area contributed by atoms with Crippen LogP contribution in [-0.4, -0.2) is 34.8 Å². The number of nitrogens with zero attached hydrogens (tertiary/aromatic N) is 1. The van der Waals surface area contributed by atoms with E-state index in [2.05, 4.69) is 5.32 Å². The molecule has 1 rings (SSSR count). The van der Waals surface area contributed by atoms with Crippen LogP contribution in [0.1, 0.15) is 34.1 Å². The van der Waals surface area contributed by atoms with Gasteiger partial charge in [0.25, 0.3) is 0 Å². The molecule has 18 heavy (non-hydrogen) atoms. The second-order valence-electron chi connectivity index (χ2n) is 5.18. The number of amides is 2. The van der Waals surface area contributed by atoms with Gasteiger partial charge in [0.05, 0.1) is 0 Å². The van der Waals surface area contributed by atoms with Crippen LogP contribution in [0.4, 0.5) is 0 Å². The molecule has 0 bridgehead atoms. The number of hydrogen-bond donors (Lipinski definition) is 1. The average molecular weight is 273 g/mol. The van der Waals surface area contributed by atoms with Gasteiger partial charge in [-0.05, 0) is 19.3 Å². The van der Waals surface area contributed by atoms with Crippen molar-refractivity contribution in [3.05, 3.63) is 11.6 Å². The van der Waals surface area contributed by atoms with Crippen LogP contribution in [0.3, 0.4) is 0 Å². The Hall–Kier alpha value is -1.03. The maximum absolute atomic E-state index is 12.5. The van der Waals surface area contributed by atoms with Crippen LogP contribution in [0, 0.1) is 5.92 Å². The average Bonchev–Trinajstić information content (AvgIpc) is 2.31. The second kappa shape index (κ2) is 5.74. The third-order valence-electron chi connectivity index (χ3n) is 3.47. The molecule has 4 nitrogen and oxygen atoms in total. The van der Waals surface area contributed by atoms with E-state index in [1.807, 2.05) is 20.8 Å². The number of carbonyl (C=O) groups is 2. The molecule has 1 aliphatic rings. The quantitative estimate of drug-likeness (QED) is 0.850. The highest BCUT2D eigenvalue weighted by Crippen LogP contribution is 2.24. The lowest BCUT2D eigenvalue weighted by molar-refractivity contribution is -0.155. The van der Waals surface area contributed by atoms with Crippen LogP contribution >= 0.6 is 11.6 Å². The van der Waals surface area contributed by atoms with Gasteiger partial charge >= 0.3 is 0 Å². The van der Waals surface area contributed by atoms with Crippen LogP contribution in [0.5, 0.6) is 0 Å². The molecular weight excluding hydrogens is 252 g/mol. The van der Waals surface area contributed by atoms with Crippen LogP contribution < -0.4 is 5.32 Å². The fourth-order valence-corrected chi connectivity index (χ4v) is 2.32. The zero-order valence-corrected chi connectivity index (χ0v) is 12.1. The molecule has 1 aliphatic heterocycles. The van der Waals surface area contributed by atoms with E-state index >= 15 is 0 Å². The van der Waals surface area contributed by atoms with Crippen molar-refractivity contribution in [1.29, 1.82) is 0 Å². The highest BCUT2D eigenvalue weighted by Gasteiger charge is 2.47. The molecule has 5 heteroatoms. The molecule has 2 unspecified atom stereocenters. The first-order valence-corrected chi connectivity index (χ1v) is 6.69. The molecule has 0 radical (unpaired) electrons. The van der Waals surface area contributed by atoms with E-state index in [0.717, 1.165) is 0 Å². The summed E-state index contributed by atoms with van der Waals surface area (Å²) in [5, 5.41) is 2.84. The Morgan fingerprint density at radius 1 is 1.50 bits per heavy atom. The second-order valence-corrected chi connectivity index (χ2v) is 5.43. The molecule has 1 fully saturated rings. The van der Waals surface area contributed by atoms with E-state index in [-0.39, 0.29) is 17.7 Å². The molecule has 0 aromatic carbocycles. The predicted octanol–water partition coefficient (Wildman–Crippen LogP) is 1.89. The maximum atomic E-state index is 12.5. The molecule has 1 heterocycles. The summed E-state index contributed by atoms with van der Waals surface area (Å²) in [6.45, 7) is 7.89. The molecule has 0 aliphatic carbocycles. The molecular formula is C13H21ClN2O2. The molecule has 0 saturated carbocycles. The summed E-state index contributed by atoms with van der Waals surface area (Å²) in [6, 6.07) is -0.426. The number of carbonyl (C=O) groups excluding carboxylic acids is 2. The van der Waals surface area contributed by atoms with Gasteiger partial charge in [0.15, 0.2) is 0 Å². The molecule has 102 valence electrons. The van der Waals surface area contributed by atoms with Crippen LogP contribution in [0.15, 0.2) is 11.6 Å². The van der Waals surface area contributed by atoms with Crippen molar-refractivity contribution in [3.63, 3.8) is 0 Å². The van der Waals surface area contributed by atoms with Crippen molar-refractivity contribution in [3.8, 4) is 0 Å². The zero-order chi connectivity index (χ0) is 13.9. The van der Waals surface area contributed by atoms with Gasteiger partial charge in [0, 0.05) is 12.1 Å². The molecule has 1 N–H and O–H groups in total. The fourth-order valence-electron chi connectivity index (χ4n) is 2.24. The Morgan fingerprint density at radius 3 is 2.56 bits per heavy atom. The van der Waals surface area contributed by atoms with E-state index in [1.165, 1.54) is 5.54 Å². The Balaban J connectivity index is 3.08. The van der Waals surface area contributed by atoms with Gasteiger partial charge < -0.3 is 10.2 Å². The first kappa shape index (κ1) is 15.0. The summed E-state index contributed by atoms with van der Waals surface area (Å²) in [5.41, 5.74) is 0.573. The highest BCUT2D eigenvalue weighted by molar-refractivity contribution is 6.25. The minimum absolute atomic E-state index is 0.0435. The first-order valence-electron chi connectivity index (χ1n) is 6.25. The standard InChI is InChI=1S/C13H21ClN2O2/c1-5-13(4)12(18)16(8-6-7-14)10(9(2)3)11(17)15-13/h6-7,9-10H,5,8H2,1-4H3,(H,15,17)/b7-6+. The maximum Gasteiger partial charge on any atom is 0.248 e. The Labute approximate surface area is 113 Å². The molecule has 0 spiro atoms. The van der Waals surface area contributed by atoms with Crippen molar-refractivity contribution in [2.75, 3.05) is 6.54 Å². The highest BCUT2D eigenvalue weighted by atomic mass is 35.5. The summed E-state index contributed by atoms with van der Waals surface area (Å²) < 4.78 is 0. The van der Waals surface area contributed by atoms with Crippen molar-refractivity contribution in [1.82, 2.24) is 10.2 Å². The van der Waals surface area contributed by atoms with Gasteiger partial charge in [-0.3, -0.25) is 9.59 Å². The SMILES string of the molecule is CCC1(C)NC(=O)C(C(C)C)N(C/C=C/Cl)C1=O.